The number of nitrogens with zero attached hydrogens (tertiary/aromatic N) is 2. The largest absolute Gasteiger partial charge is 0.480 e. The number of aliphatic carboxylic acids is 1. The number of carboxylic acids is 1. The molecule has 0 saturated heterocycles. The van der Waals surface area contributed by atoms with Crippen molar-refractivity contribution in [1.29, 1.82) is 0 Å². The number of carboxylic acid groups (broad SMARTS) is 1. The molecule has 0 aliphatic carbocycles. The van der Waals surface area contributed by atoms with Gasteiger partial charge in [0.15, 0.2) is 5.60 Å². The lowest BCUT2D eigenvalue weighted by Crippen LogP contribution is -2.43. The number of benzene rings is 2. The molecular weight excluding hydrogens is 472 g/mol. The van der Waals surface area contributed by atoms with Crippen molar-refractivity contribution in [2.24, 2.45) is 0 Å². The Morgan fingerprint density at radius 2 is 1.68 bits per heavy atom. The summed E-state index contributed by atoms with van der Waals surface area (Å²) in [5.41, 5.74) is 1.79. The fraction of sp³-hybridized carbons (Fsp3) is 0.414. The molecule has 0 aliphatic heterocycles. The summed E-state index contributed by atoms with van der Waals surface area (Å²) in [6.45, 7) is 13.1. The lowest BCUT2D eigenvalue weighted by molar-refractivity contribution is -0.170. The molecule has 1 N–H and O–H groups in total. The number of aromatic nitrogens is 1. The van der Waals surface area contributed by atoms with E-state index in [1.54, 1.807) is 30.9 Å². The number of rotatable bonds is 10. The average Bonchev–Trinajstić information content (AvgIpc) is 3.13. The summed E-state index contributed by atoms with van der Waals surface area (Å²) < 4.78 is 17.2. The third-order valence-electron chi connectivity index (χ3n) is 5.48. The van der Waals surface area contributed by atoms with Crippen molar-refractivity contribution in [2.75, 3.05) is 6.54 Å². The predicted molar refractivity (Wildman–Crippen MR) is 140 cm³/mol. The van der Waals surface area contributed by atoms with E-state index in [0.29, 0.717) is 36.2 Å². The van der Waals surface area contributed by atoms with Gasteiger partial charge >= 0.3 is 11.9 Å². The molecule has 0 fully saturated rings. The maximum absolute atomic E-state index is 12.5. The number of aryl methyl sites for hydroxylation is 2. The number of hydrogen-bond acceptors (Lipinski definition) is 7. The summed E-state index contributed by atoms with van der Waals surface area (Å²) in [5, 5.41) is 9.48. The van der Waals surface area contributed by atoms with Gasteiger partial charge in [-0.2, -0.15) is 0 Å². The second-order valence-corrected chi connectivity index (χ2v) is 10.7. The molecule has 2 aromatic carbocycles. The Morgan fingerprint density at radius 3 is 2.27 bits per heavy atom. The molecule has 0 atom stereocenters. The highest BCUT2D eigenvalue weighted by Gasteiger charge is 2.34. The van der Waals surface area contributed by atoms with Crippen LogP contribution in [0.3, 0.4) is 0 Å². The number of ether oxygens (including phenoxy) is 2. The van der Waals surface area contributed by atoms with Crippen LogP contribution in [0.5, 0.6) is 5.75 Å². The van der Waals surface area contributed by atoms with Gasteiger partial charge < -0.3 is 19.0 Å². The third-order valence-corrected chi connectivity index (χ3v) is 5.48. The normalized spacial score (nSPS) is 12.0. The molecule has 0 amide bonds. The molecule has 8 nitrogen and oxygen atoms in total. The van der Waals surface area contributed by atoms with Gasteiger partial charge in [-0.25, -0.2) is 9.78 Å². The van der Waals surface area contributed by atoms with Crippen LogP contribution in [-0.2, 0) is 27.4 Å². The Kier molecular flexibility index (Phi) is 8.43. The molecule has 37 heavy (non-hydrogen) atoms. The van der Waals surface area contributed by atoms with E-state index in [1.807, 2.05) is 71.0 Å². The van der Waals surface area contributed by atoms with Crippen LogP contribution in [0.25, 0.3) is 11.5 Å². The molecule has 0 spiro atoms. The summed E-state index contributed by atoms with van der Waals surface area (Å²) in [6.07, 6.45) is 0. The predicted octanol–water partition coefficient (Wildman–Crippen LogP) is 5.54. The van der Waals surface area contributed by atoms with E-state index in [2.05, 4.69) is 4.98 Å². The zero-order chi connectivity index (χ0) is 27.4. The van der Waals surface area contributed by atoms with Gasteiger partial charge in [-0.15, -0.1) is 0 Å². The molecule has 0 bridgehead atoms. The number of oxazole rings is 1. The first-order valence-electron chi connectivity index (χ1n) is 12.2. The van der Waals surface area contributed by atoms with Crippen LogP contribution >= 0.6 is 0 Å². The fourth-order valence-corrected chi connectivity index (χ4v) is 3.71. The quantitative estimate of drug-likeness (QED) is 0.356. The number of carbonyl (C=O) groups is 2. The monoisotopic (exact) mass is 508 g/mol. The molecule has 8 heteroatoms. The van der Waals surface area contributed by atoms with Crippen molar-refractivity contribution < 1.29 is 28.6 Å². The highest BCUT2D eigenvalue weighted by atomic mass is 16.6. The Balaban J connectivity index is 1.71. The lowest BCUT2D eigenvalue weighted by atomic mass is 10.1. The zero-order valence-electron chi connectivity index (χ0n) is 22.6. The molecule has 1 aromatic heterocycles. The van der Waals surface area contributed by atoms with Gasteiger partial charge in [-0.05, 0) is 78.3 Å². The van der Waals surface area contributed by atoms with E-state index in [4.69, 9.17) is 13.9 Å². The van der Waals surface area contributed by atoms with Crippen LogP contribution < -0.4 is 4.74 Å². The molecule has 198 valence electrons. The second kappa shape index (κ2) is 11.2. The minimum atomic E-state index is -1.16. The van der Waals surface area contributed by atoms with Gasteiger partial charge in [0.25, 0.3) is 0 Å². The van der Waals surface area contributed by atoms with Crippen molar-refractivity contribution in [3.63, 3.8) is 0 Å². The minimum Gasteiger partial charge on any atom is -0.480 e. The van der Waals surface area contributed by atoms with Gasteiger partial charge in [-0.1, -0.05) is 29.8 Å². The standard InChI is InChI=1S/C29H36N2O6/c1-19-9-8-10-22(15-19)26-30-24(20(2)35-26)17-31(18-25(32)33)16-21-11-13-23(14-12-21)36-29(6,7)27(34)37-28(3,4)5/h8-15H,16-18H2,1-7H3,(H,32,33). The van der Waals surface area contributed by atoms with Crippen molar-refractivity contribution in [1.82, 2.24) is 9.88 Å². The van der Waals surface area contributed by atoms with E-state index < -0.39 is 23.1 Å². The molecular formula is C29H36N2O6. The summed E-state index contributed by atoms with van der Waals surface area (Å²) in [7, 11) is 0. The molecule has 0 saturated carbocycles. The highest BCUT2D eigenvalue weighted by molar-refractivity contribution is 5.79. The average molecular weight is 509 g/mol. The van der Waals surface area contributed by atoms with Crippen molar-refractivity contribution >= 4 is 11.9 Å². The van der Waals surface area contributed by atoms with E-state index in [0.717, 1.165) is 16.7 Å². The first kappa shape index (κ1) is 27.9. The third kappa shape index (κ3) is 8.18. The summed E-state index contributed by atoms with van der Waals surface area (Å²) in [6, 6.07) is 15.1. The van der Waals surface area contributed by atoms with Crippen LogP contribution in [-0.4, -0.2) is 44.7 Å². The first-order chi connectivity index (χ1) is 17.2. The van der Waals surface area contributed by atoms with Gasteiger partial charge in [0.05, 0.1) is 12.2 Å². The number of hydrogen-bond donors (Lipinski definition) is 1. The second-order valence-electron chi connectivity index (χ2n) is 10.7. The Hall–Kier alpha value is -3.65. The van der Waals surface area contributed by atoms with E-state index >= 15 is 0 Å². The first-order valence-corrected chi connectivity index (χ1v) is 12.2. The molecule has 0 unspecified atom stereocenters. The van der Waals surface area contributed by atoms with Crippen molar-refractivity contribution in [3.8, 4) is 17.2 Å². The molecule has 3 aromatic rings. The summed E-state index contributed by atoms with van der Waals surface area (Å²) >= 11 is 0. The maximum atomic E-state index is 12.5. The van der Waals surface area contributed by atoms with Gasteiger partial charge in [0.2, 0.25) is 5.89 Å². The van der Waals surface area contributed by atoms with E-state index in [-0.39, 0.29) is 6.54 Å². The summed E-state index contributed by atoms with van der Waals surface area (Å²) in [5.74, 6) is 0.295. The van der Waals surface area contributed by atoms with Crippen LogP contribution in [0.1, 0.15) is 57.2 Å². The van der Waals surface area contributed by atoms with Crippen LogP contribution in [0.15, 0.2) is 52.9 Å². The van der Waals surface area contributed by atoms with Crippen LogP contribution in [0.2, 0.25) is 0 Å². The maximum Gasteiger partial charge on any atom is 0.350 e. The van der Waals surface area contributed by atoms with Gasteiger partial charge in [0.1, 0.15) is 17.1 Å². The van der Waals surface area contributed by atoms with Crippen molar-refractivity contribution in [2.45, 2.75) is 72.8 Å². The molecule has 0 aliphatic rings. The van der Waals surface area contributed by atoms with Gasteiger partial charge in [0, 0.05) is 18.7 Å². The van der Waals surface area contributed by atoms with Gasteiger partial charge in [-0.3, -0.25) is 9.69 Å². The van der Waals surface area contributed by atoms with Crippen molar-refractivity contribution in [3.05, 3.63) is 71.1 Å². The SMILES string of the molecule is Cc1cccc(-c2nc(CN(CC(=O)O)Cc3ccc(OC(C)(C)C(=O)OC(C)(C)C)cc3)c(C)o2)c1. The number of esters is 1. The number of carbonyl (C=O) groups excluding carboxylic acids is 1. The topological polar surface area (TPSA) is 102 Å². The van der Waals surface area contributed by atoms with Crippen LogP contribution in [0, 0.1) is 13.8 Å². The Bertz CT molecular complexity index is 1240. The lowest BCUT2D eigenvalue weighted by Gasteiger charge is -2.29. The Labute approximate surface area is 218 Å². The Morgan fingerprint density at radius 1 is 1.00 bits per heavy atom. The zero-order valence-corrected chi connectivity index (χ0v) is 22.6. The highest BCUT2D eigenvalue weighted by Crippen LogP contribution is 2.25. The van der Waals surface area contributed by atoms with Crippen LogP contribution in [0.4, 0.5) is 0 Å². The van der Waals surface area contributed by atoms with E-state index in [9.17, 15) is 14.7 Å². The fourth-order valence-electron chi connectivity index (χ4n) is 3.71. The van der Waals surface area contributed by atoms with E-state index in [1.165, 1.54) is 0 Å². The smallest absolute Gasteiger partial charge is 0.350 e. The summed E-state index contributed by atoms with van der Waals surface area (Å²) in [4.78, 5) is 30.5. The minimum absolute atomic E-state index is 0.157. The molecule has 1 heterocycles. The molecule has 3 rings (SSSR count). The molecule has 0 radical (unpaired) electrons.